The fraction of sp³-hybridized carbons (Fsp3) is 0.652. The Kier molecular flexibility index (Phi) is 9.01. The summed E-state index contributed by atoms with van der Waals surface area (Å²) >= 11 is 0. The Hall–Kier alpha value is -3.93. The zero-order chi connectivity index (χ0) is 29.8. The molecular weight excluding hydrogens is 558 g/mol. The van der Waals surface area contributed by atoms with Gasteiger partial charge in [-0.05, 0) is 38.5 Å². The van der Waals surface area contributed by atoms with Gasteiger partial charge in [0.2, 0.25) is 21.8 Å². The molecule has 1 aromatic rings. The first-order valence-electron chi connectivity index (χ1n) is 13.2. The molecule has 0 atom stereocenters. The van der Waals surface area contributed by atoms with Crippen molar-refractivity contribution in [2.75, 3.05) is 50.0 Å². The first kappa shape index (κ1) is 30.0. The third kappa shape index (κ3) is 8.29. The molecule has 1 aromatic heterocycles. The van der Waals surface area contributed by atoms with E-state index in [1.165, 1.54) is 17.3 Å². The molecule has 3 heterocycles. The maximum atomic E-state index is 12.9. The Morgan fingerprint density at radius 3 is 2.27 bits per heavy atom. The number of nitrogens with zero attached hydrogens (tertiary/aromatic N) is 7. The second kappa shape index (κ2) is 12.3. The van der Waals surface area contributed by atoms with Gasteiger partial charge in [-0.1, -0.05) is 0 Å². The van der Waals surface area contributed by atoms with Gasteiger partial charge in [-0.25, -0.2) is 33.2 Å². The van der Waals surface area contributed by atoms with Gasteiger partial charge in [0.15, 0.2) is 23.9 Å². The third-order valence-electron chi connectivity index (χ3n) is 7.05. The van der Waals surface area contributed by atoms with Crippen molar-refractivity contribution in [3.63, 3.8) is 0 Å². The van der Waals surface area contributed by atoms with Crippen LogP contribution in [-0.2, 0) is 19.6 Å². The lowest BCUT2D eigenvalue weighted by molar-refractivity contribution is -0.120. The SMILES string of the molecule is CC1(OC(=O)N2CCC(COc3cnc(N4CCN(S(=O)(=O)CC(N=C(N)N)N=C(N)N)CC4=O)cn3)CC2)CC1. The van der Waals surface area contributed by atoms with Gasteiger partial charge < -0.3 is 37.3 Å². The summed E-state index contributed by atoms with van der Waals surface area (Å²) in [5.74, 6) is -1.03. The van der Waals surface area contributed by atoms with Crippen LogP contribution in [0.4, 0.5) is 10.6 Å². The summed E-state index contributed by atoms with van der Waals surface area (Å²) in [6.07, 6.45) is 4.74. The summed E-state index contributed by atoms with van der Waals surface area (Å²) < 4.78 is 38.1. The highest BCUT2D eigenvalue weighted by Crippen LogP contribution is 2.39. The number of amides is 2. The van der Waals surface area contributed by atoms with E-state index in [-0.39, 0.29) is 48.4 Å². The second-order valence-corrected chi connectivity index (χ2v) is 12.5. The summed E-state index contributed by atoms with van der Waals surface area (Å²) in [6.45, 7) is 3.25. The van der Waals surface area contributed by atoms with E-state index in [1.54, 1.807) is 4.90 Å². The number of sulfonamides is 1. The summed E-state index contributed by atoms with van der Waals surface area (Å²) in [7, 11) is -3.99. The number of likely N-dealkylation sites (tertiary alicyclic amines) is 1. The molecule has 3 aliphatic rings. The van der Waals surface area contributed by atoms with Crippen LogP contribution in [0.2, 0.25) is 0 Å². The van der Waals surface area contributed by atoms with Crippen molar-refractivity contribution in [1.82, 2.24) is 19.2 Å². The van der Waals surface area contributed by atoms with Crippen LogP contribution in [0.3, 0.4) is 0 Å². The minimum absolute atomic E-state index is 0.00977. The van der Waals surface area contributed by atoms with Crippen molar-refractivity contribution < 1.29 is 27.5 Å². The van der Waals surface area contributed by atoms with Crippen molar-refractivity contribution in [3.8, 4) is 5.88 Å². The normalized spacial score (nSPS) is 19.5. The van der Waals surface area contributed by atoms with Crippen molar-refractivity contribution in [2.24, 2.45) is 38.8 Å². The summed E-state index contributed by atoms with van der Waals surface area (Å²) in [5, 5.41) is 0. The molecule has 8 N–H and O–H groups in total. The molecule has 2 aliphatic heterocycles. The number of hydrogen-bond acceptors (Lipinski definition) is 10. The van der Waals surface area contributed by atoms with Crippen LogP contribution >= 0.6 is 0 Å². The molecule has 0 bridgehead atoms. The van der Waals surface area contributed by atoms with Gasteiger partial charge in [-0.3, -0.25) is 9.69 Å². The topological polar surface area (TPSA) is 251 Å². The molecule has 2 saturated heterocycles. The number of nitrogens with two attached hydrogens (primary N) is 4. The first-order valence-corrected chi connectivity index (χ1v) is 14.8. The van der Waals surface area contributed by atoms with Crippen LogP contribution < -0.4 is 32.6 Å². The molecule has 0 unspecified atom stereocenters. The molecule has 226 valence electrons. The number of hydrogen-bond donors (Lipinski definition) is 4. The molecular formula is C23H37N11O6S. The van der Waals surface area contributed by atoms with Gasteiger partial charge in [0, 0.05) is 26.2 Å². The van der Waals surface area contributed by atoms with E-state index >= 15 is 0 Å². The number of anilines is 1. The molecule has 0 spiro atoms. The van der Waals surface area contributed by atoms with Crippen LogP contribution in [0, 0.1) is 5.92 Å². The summed E-state index contributed by atoms with van der Waals surface area (Å²) in [6, 6.07) is 0. The molecule has 3 fully saturated rings. The molecule has 18 heteroatoms. The second-order valence-electron chi connectivity index (χ2n) is 10.5. The molecule has 1 saturated carbocycles. The predicted octanol–water partition coefficient (Wildman–Crippen LogP) is -1.89. The third-order valence-corrected chi connectivity index (χ3v) is 8.87. The Morgan fingerprint density at radius 1 is 1.07 bits per heavy atom. The van der Waals surface area contributed by atoms with Gasteiger partial charge in [0.25, 0.3) is 0 Å². The van der Waals surface area contributed by atoms with Crippen molar-refractivity contribution in [2.45, 2.75) is 44.4 Å². The molecule has 2 amide bonds. The average molecular weight is 596 g/mol. The van der Waals surface area contributed by atoms with E-state index in [0.29, 0.717) is 25.6 Å². The molecule has 0 radical (unpaired) electrons. The van der Waals surface area contributed by atoms with E-state index < -0.39 is 34.4 Å². The number of ether oxygens (including phenoxy) is 2. The van der Waals surface area contributed by atoms with E-state index in [1.807, 2.05) is 6.92 Å². The van der Waals surface area contributed by atoms with E-state index in [0.717, 1.165) is 30.0 Å². The van der Waals surface area contributed by atoms with Crippen LogP contribution in [0.25, 0.3) is 0 Å². The predicted molar refractivity (Wildman–Crippen MR) is 149 cm³/mol. The van der Waals surface area contributed by atoms with Gasteiger partial charge in [-0.2, -0.15) is 4.31 Å². The zero-order valence-electron chi connectivity index (χ0n) is 22.9. The minimum Gasteiger partial charge on any atom is -0.476 e. The fourth-order valence-corrected chi connectivity index (χ4v) is 5.84. The van der Waals surface area contributed by atoms with E-state index in [9.17, 15) is 18.0 Å². The lowest BCUT2D eigenvalue weighted by atomic mass is 9.98. The summed E-state index contributed by atoms with van der Waals surface area (Å²) in [5.41, 5.74) is 21.1. The minimum atomic E-state index is -3.99. The highest BCUT2D eigenvalue weighted by molar-refractivity contribution is 7.89. The number of guanidine groups is 2. The fourth-order valence-electron chi connectivity index (χ4n) is 4.43. The standard InChI is InChI=1S/C23H37N11O6S/c1-23(4-5-23)40-22(36)32-6-2-15(3-7-32)13-39-18-11-28-17(10-29-18)34-9-8-33(12-19(34)35)41(37,38)14-16(30-20(24)25)31-21(26)27/h10-11,15-16H,2-9,12-14H2,1H3,(H4,24,25,30)(H4,26,27,31). The Morgan fingerprint density at radius 2 is 1.73 bits per heavy atom. The molecule has 4 rings (SSSR count). The first-order chi connectivity index (χ1) is 19.3. The maximum absolute atomic E-state index is 12.9. The number of piperidine rings is 1. The van der Waals surface area contributed by atoms with Crippen LogP contribution in [0.15, 0.2) is 22.4 Å². The number of piperazine rings is 1. The number of aliphatic imine (C=N–C) groups is 2. The van der Waals surface area contributed by atoms with Gasteiger partial charge in [0.1, 0.15) is 11.4 Å². The van der Waals surface area contributed by atoms with Crippen LogP contribution in [0.5, 0.6) is 5.88 Å². The summed E-state index contributed by atoms with van der Waals surface area (Å²) in [4.78, 5) is 44.2. The Balaban J connectivity index is 1.24. The van der Waals surface area contributed by atoms with Gasteiger partial charge in [-0.15, -0.1) is 0 Å². The lowest BCUT2D eigenvalue weighted by Crippen LogP contribution is -2.53. The monoisotopic (exact) mass is 595 g/mol. The molecule has 0 aromatic carbocycles. The largest absolute Gasteiger partial charge is 0.476 e. The van der Waals surface area contributed by atoms with Gasteiger partial charge >= 0.3 is 6.09 Å². The zero-order valence-corrected chi connectivity index (χ0v) is 23.7. The maximum Gasteiger partial charge on any atom is 0.410 e. The van der Waals surface area contributed by atoms with E-state index in [4.69, 9.17) is 32.4 Å². The van der Waals surface area contributed by atoms with Crippen LogP contribution in [0.1, 0.15) is 32.6 Å². The number of carbonyl (C=O) groups excluding carboxylic acids is 2. The molecule has 17 nitrogen and oxygen atoms in total. The highest BCUT2D eigenvalue weighted by Gasteiger charge is 2.43. The Bertz CT molecular complexity index is 1250. The quantitative estimate of drug-likeness (QED) is 0.171. The lowest BCUT2D eigenvalue weighted by Gasteiger charge is -2.33. The molecule has 41 heavy (non-hydrogen) atoms. The van der Waals surface area contributed by atoms with Gasteiger partial charge in [0.05, 0.1) is 25.5 Å². The number of rotatable bonds is 10. The van der Waals surface area contributed by atoms with Crippen molar-refractivity contribution in [1.29, 1.82) is 0 Å². The number of aromatic nitrogens is 2. The Labute approximate surface area is 238 Å². The number of carbonyl (C=O) groups is 2. The van der Waals surface area contributed by atoms with Crippen LogP contribution in [-0.4, -0.2) is 108 Å². The highest BCUT2D eigenvalue weighted by atomic mass is 32.2. The van der Waals surface area contributed by atoms with Crippen molar-refractivity contribution in [3.05, 3.63) is 12.4 Å². The smallest absolute Gasteiger partial charge is 0.410 e. The van der Waals surface area contributed by atoms with E-state index in [2.05, 4.69) is 20.0 Å². The average Bonchev–Trinajstić information content (AvgIpc) is 3.63. The van der Waals surface area contributed by atoms with Crippen molar-refractivity contribution >= 4 is 39.8 Å². The molecule has 1 aliphatic carbocycles.